The summed E-state index contributed by atoms with van der Waals surface area (Å²) in [5.41, 5.74) is 0.830. The molecular formula is C9H10BrNS. The minimum atomic E-state index is -0.377. The van der Waals surface area contributed by atoms with Crippen LogP contribution in [0.2, 0.25) is 0 Å². The molecule has 12 heavy (non-hydrogen) atoms. The van der Waals surface area contributed by atoms with Crippen molar-refractivity contribution in [3.05, 3.63) is 20.3 Å². The fourth-order valence-corrected chi connectivity index (χ4v) is 2.96. The first-order chi connectivity index (χ1) is 5.49. The van der Waals surface area contributed by atoms with Gasteiger partial charge in [0, 0.05) is 9.35 Å². The Bertz CT molecular complexity index is 333. The van der Waals surface area contributed by atoms with E-state index in [-0.39, 0.29) is 5.41 Å². The van der Waals surface area contributed by atoms with Crippen molar-refractivity contribution in [3.8, 4) is 6.07 Å². The maximum absolute atomic E-state index is 8.92. The summed E-state index contributed by atoms with van der Waals surface area (Å²) in [6, 6.07) is 2.29. The number of hydrogen-bond donors (Lipinski definition) is 0. The lowest BCUT2D eigenvalue weighted by molar-refractivity contribution is 0.699. The van der Waals surface area contributed by atoms with Crippen LogP contribution in [0.4, 0.5) is 0 Å². The molecular weight excluding hydrogens is 234 g/mol. The summed E-state index contributed by atoms with van der Waals surface area (Å²) in [4.78, 5) is 1.11. The Morgan fingerprint density at radius 2 is 2.17 bits per heavy atom. The Kier molecular flexibility index (Phi) is 2.60. The van der Waals surface area contributed by atoms with Crippen LogP contribution in [0.1, 0.15) is 24.3 Å². The molecule has 0 spiro atoms. The number of aryl methyl sites for hydroxylation is 1. The molecule has 0 saturated carbocycles. The molecule has 1 aromatic heterocycles. The van der Waals surface area contributed by atoms with E-state index in [0.29, 0.717) is 0 Å². The van der Waals surface area contributed by atoms with Crippen LogP contribution in [0.3, 0.4) is 0 Å². The summed E-state index contributed by atoms with van der Waals surface area (Å²) in [7, 11) is 0. The molecule has 1 nitrogen and oxygen atoms in total. The van der Waals surface area contributed by atoms with E-state index >= 15 is 0 Å². The highest BCUT2D eigenvalue weighted by atomic mass is 79.9. The molecule has 0 aliphatic heterocycles. The second-order valence-electron chi connectivity index (χ2n) is 3.30. The SMILES string of the molecule is Cc1csc(C(C)(C)C#N)c1Br. The van der Waals surface area contributed by atoms with E-state index in [1.165, 1.54) is 5.56 Å². The zero-order valence-electron chi connectivity index (χ0n) is 7.31. The predicted molar refractivity (Wildman–Crippen MR) is 55.4 cm³/mol. The molecule has 64 valence electrons. The van der Waals surface area contributed by atoms with E-state index in [1.807, 2.05) is 20.8 Å². The van der Waals surface area contributed by atoms with Crippen molar-refractivity contribution in [3.63, 3.8) is 0 Å². The maximum atomic E-state index is 8.92. The molecule has 0 N–H and O–H groups in total. The van der Waals surface area contributed by atoms with Gasteiger partial charge in [0.25, 0.3) is 0 Å². The van der Waals surface area contributed by atoms with Crippen LogP contribution in [-0.4, -0.2) is 0 Å². The van der Waals surface area contributed by atoms with Crippen LogP contribution in [0.25, 0.3) is 0 Å². The van der Waals surface area contributed by atoms with Gasteiger partial charge in [-0.1, -0.05) is 0 Å². The highest BCUT2D eigenvalue weighted by Crippen LogP contribution is 2.36. The van der Waals surface area contributed by atoms with Crippen molar-refractivity contribution in [2.75, 3.05) is 0 Å². The average molecular weight is 244 g/mol. The third-order valence-corrected chi connectivity index (χ3v) is 4.45. The number of halogens is 1. The van der Waals surface area contributed by atoms with Crippen LogP contribution < -0.4 is 0 Å². The van der Waals surface area contributed by atoms with Crippen LogP contribution in [-0.2, 0) is 5.41 Å². The van der Waals surface area contributed by atoms with E-state index < -0.39 is 0 Å². The molecule has 0 unspecified atom stereocenters. The summed E-state index contributed by atoms with van der Waals surface area (Å²) in [5, 5.41) is 11.0. The molecule has 0 amide bonds. The van der Waals surface area contributed by atoms with Gasteiger partial charge in [-0.05, 0) is 47.6 Å². The molecule has 0 atom stereocenters. The molecule has 0 saturated heterocycles. The summed E-state index contributed by atoms with van der Waals surface area (Å²) < 4.78 is 1.08. The van der Waals surface area contributed by atoms with Gasteiger partial charge in [0.2, 0.25) is 0 Å². The lowest BCUT2D eigenvalue weighted by atomic mass is 9.93. The third kappa shape index (κ3) is 1.55. The average Bonchev–Trinajstić information content (AvgIpc) is 2.33. The number of rotatable bonds is 1. The quantitative estimate of drug-likeness (QED) is 0.740. The van der Waals surface area contributed by atoms with Gasteiger partial charge in [-0.2, -0.15) is 5.26 Å². The van der Waals surface area contributed by atoms with Gasteiger partial charge in [-0.15, -0.1) is 11.3 Å². The van der Waals surface area contributed by atoms with E-state index in [1.54, 1.807) is 11.3 Å². The van der Waals surface area contributed by atoms with Crippen LogP contribution in [0, 0.1) is 18.3 Å². The zero-order valence-corrected chi connectivity index (χ0v) is 9.71. The Balaban J connectivity index is 3.22. The van der Waals surface area contributed by atoms with Gasteiger partial charge in [-0.3, -0.25) is 0 Å². The molecule has 0 aliphatic carbocycles. The number of nitrogens with zero attached hydrogens (tertiary/aromatic N) is 1. The molecule has 0 bridgehead atoms. The minimum Gasteiger partial charge on any atom is -0.197 e. The first-order valence-electron chi connectivity index (χ1n) is 3.64. The van der Waals surface area contributed by atoms with Gasteiger partial charge in [0.1, 0.15) is 0 Å². The lowest BCUT2D eigenvalue weighted by Gasteiger charge is -2.13. The Morgan fingerprint density at radius 3 is 2.50 bits per heavy atom. The first kappa shape index (κ1) is 9.76. The molecule has 1 rings (SSSR count). The number of nitriles is 1. The van der Waals surface area contributed by atoms with Gasteiger partial charge in [0.05, 0.1) is 11.5 Å². The Morgan fingerprint density at radius 1 is 1.58 bits per heavy atom. The summed E-state index contributed by atoms with van der Waals surface area (Å²) >= 11 is 5.12. The topological polar surface area (TPSA) is 23.8 Å². The van der Waals surface area contributed by atoms with Crippen molar-refractivity contribution < 1.29 is 0 Å². The standard InChI is InChI=1S/C9H10BrNS/c1-6-4-12-8(7(6)10)9(2,3)5-11/h4H,1-3H3. The summed E-state index contributed by atoms with van der Waals surface area (Å²) in [6.45, 7) is 5.91. The summed E-state index contributed by atoms with van der Waals surface area (Å²) in [6.07, 6.45) is 0. The second-order valence-corrected chi connectivity index (χ2v) is 4.97. The zero-order chi connectivity index (χ0) is 9.35. The number of hydrogen-bond acceptors (Lipinski definition) is 2. The Hall–Kier alpha value is -0.330. The van der Waals surface area contributed by atoms with Gasteiger partial charge >= 0.3 is 0 Å². The van der Waals surface area contributed by atoms with Crippen molar-refractivity contribution in [2.24, 2.45) is 0 Å². The number of thiophene rings is 1. The van der Waals surface area contributed by atoms with Crippen molar-refractivity contribution in [1.82, 2.24) is 0 Å². The van der Waals surface area contributed by atoms with Crippen LogP contribution >= 0.6 is 27.3 Å². The smallest absolute Gasteiger partial charge is 0.0870 e. The normalized spacial score (nSPS) is 11.2. The molecule has 1 heterocycles. The molecule has 0 radical (unpaired) electrons. The van der Waals surface area contributed by atoms with Gasteiger partial charge in [0.15, 0.2) is 0 Å². The molecule has 0 aliphatic rings. The predicted octanol–water partition coefficient (Wildman–Crippen LogP) is 3.62. The van der Waals surface area contributed by atoms with E-state index in [2.05, 4.69) is 27.4 Å². The fraction of sp³-hybridized carbons (Fsp3) is 0.444. The van der Waals surface area contributed by atoms with E-state index in [0.717, 1.165) is 9.35 Å². The molecule has 0 aromatic carbocycles. The lowest BCUT2D eigenvalue weighted by Crippen LogP contribution is -2.12. The first-order valence-corrected chi connectivity index (χ1v) is 5.31. The molecule has 3 heteroatoms. The minimum absolute atomic E-state index is 0.377. The largest absolute Gasteiger partial charge is 0.197 e. The molecule has 1 aromatic rings. The Labute approximate surface area is 85.2 Å². The van der Waals surface area contributed by atoms with Crippen LogP contribution in [0.15, 0.2) is 9.85 Å². The molecule has 0 fully saturated rings. The second kappa shape index (κ2) is 3.20. The van der Waals surface area contributed by atoms with Crippen molar-refractivity contribution in [1.29, 1.82) is 5.26 Å². The monoisotopic (exact) mass is 243 g/mol. The highest BCUT2D eigenvalue weighted by Gasteiger charge is 2.24. The van der Waals surface area contributed by atoms with Crippen LogP contribution in [0.5, 0.6) is 0 Å². The highest BCUT2D eigenvalue weighted by molar-refractivity contribution is 9.10. The fourth-order valence-electron chi connectivity index (χ4n) is 0.902. The third-order valence-electron chi connectivity index (χ3n) is 1.75. The maximum Gasteiger partial charge on any atom is 0.0870 e. The summed E-state index contributed by atoms with van der Waals surface area (Å²) in [5.74, 6) is 0. The van der Waals surface area contributed by atoms with Crippen molar-refractivity contribution >= 4 is 27.3 Å². The van der Waals surface area contributed by atoms with E-state index in [4.69, 9.17) is 5.26 Å². The van der Waals surface area contributed by atoms with Gasteiger partial charge in [-0.25, -0.2) is 0 Å². The van der Waals surface area contributed by atoms with Crippen molar-refractivity contribution in [2.45, 2.75) is 26.2 Å². The van der Waals surface area contributed by atoms with E-state index in [9.17, 15) is 0 Å². The van der Waals surface area contributed by atoms with Gasteiger partial charge < -0.3 is 0 Å².